The summed E-state index contributed by atoms with van der Waals surface area (Å²) in [6, 6.07) is 16.2. The van der Waals surface area contributed by atoms with E-state index in [9.17, 15) is 0 Å². The number of aromatic nitrogens is 4. The summed E-state index contributed by atoms with van der Waals surface area (Å²) in [7, 11) is -2.01. The first-order valence-corrected chi connectivity index (χ1v) is 9.56. The normalized spacial score (nSPS) is 11.6. The second-order valence-corrected chi connectivity index (χ2v) is 8.35. The minimum absolute atomic E-state index is 1.01. The first-order valence-electron chi connectivity index (χ1n) is 7.23. The Balaban J connectivity index is 1.71. The SMILES string of the molecule is c1ccn(P(OP(n2cccc2)n2cccc2)n2cccc2)c1. The number of nitrogens with zero attached hydrogens (tertiary/aromatic N) is 4. The van der Waals surface area contributed by atoms with Crippen LogP contribution in [0, 0.1) is 0 Å². The average Bonchev–Trinajstić information content (AvgIpc) is 3.35. The molecule has 0 atom stereocenters. The Morgan fingerprint density at radius 3 is 0.826 bits per heavy atom. The van der Waals surface area contributed by atoms with E-state index in [-0.39, 0.29) is 0 Å². The van der Waals surface area contributed by atoms with Gasteiger partial charge in [-0.05, 0) is 48.5 Å². The van der Waals surface area contributed by atoms with E-state index in [0.717, 1.165) is 0 Å². The van der Waals surface area contributed by atoms with Crippen molar-refractivity contribution < 1.29 is 4.31 Å². The van der Waals surface area contributed by atoms with Crippen LogP contribution in [0.2, 0.25) is 0 Å². The Kier molecular flexibility index (Phi) is 4.16. The van der Waals surface area contributed by atoms with Crippen LogP contribution in [0.1, 0.15) is 0 Å². The summed E-state index contributed by atoms with van der Waals surface area (Å²) < 4.78 is 15.1. The molecule has 0 amide bonds. The lowest BCUT2D eigenvalue weighted by atomic mass is 10.7. The predicted molar refractivity (Wildman–Crippen MR) is 94.2 cm³/mol. The molecule has 0 N–H and O–H groups in total. The minimum atomic E-state index is -1.01. The Morgan fingerprint density at radius 2 is 0.609 bits per heavy atom. The smallest absolute Gasteiger partial charge is 0.262 e. The van der Waals surface area contributed by atoms with Gasteiger partial charge in [-0.1, -0.05) is 0 Å². The monoisotopic (exact) mass is 342 g/mol. The van der Waals surface area contributed by atoms with Gasteiger partial charge in [-0.2, -0.15) is 0 Å². The highest BCUT2D eigenvalue weighted by Crippen LogP contribution is 2.55. The second-order valence-electron chi connectivity index (χ2n) is 4.84. The highest BCUT2D eigenvalue weighted by atomic mass is 31.2. The van der Waals surface area contributed by atoms with E-state index in [2.05, 4.69) is 17.4 Å². The van der Waals surface area contributed by atoms with Crippen LogP contribution in [0.25, 0.3) is 0 Å². The van der Waals surface area contributed by atoms with Crippen molar-refractivity contribution in [3.8, 4) is 0 Å². The third-order valence-corrected chi connectivity index (χ3v) is 7.11. The maximum absolute atomic E-state index is 6.61. The van der Waals surface area contributed by atoms with Gasteiger partial charge in [-0.15, -0.1) is 0 Å². The van der Waals surface area contributed by atoms with Crippen molar-refractivity contribution in [1.82, 2.24) is 17.4 Å². The molecule has 7 heteroatoms. The molecule has 0 unspecified atom stereocenters. The van der Waals surface area contributed by atoms with Crippen molar-refractivity contribution in [3.05, 3.63) is 98.1 Å². The molecule has 116 valence electrons. The van der Waals surface area contributed by atoms with Gasteiger partial charge in [0.15, 0.2) is 0 Å². The maximum atomic E-state index is 6.61. The van der Waals surface area contributed by atoms with E-state index in [1.54, 1.807) is 0 Å². The second kappa shape index (κ2) is 6.59. The lowest BCUT2D eigenvalue weighted by molar-refractivity contribution is 0.629. The van der Waals surface area contributed by atoms with E-state index in [4.69, 9.17) is 4.31 Å². The third kappa shape index (κ3) is 3.04. The summed E-state index contributed by atoms with van der Waals surface area (Å²) in [6.07, 6.45) is 16.4. The van der Waals surface area contributed by atoms with Crippen molar-refractivity contribution in [3.63, 3.8) is 0 Å². The molecule has 4 aromatic rings. The predicted octanol–water partition coefficient (Wildman–Crippen LogP) is 4.86. The lowest BCUT2D eigenvalue weighted by Crippen LogP contribution is -2.05. The molecule has 5 nitrogen and oxygen atoms in total. The highest BCUT2D eigenvalue weighted by molar-refractivity contribution is 7.62. The summed E-state index contributed by atoms with van der Waals surface area (Å²) in [5.74, 6) is 0. The van der Waals surface area contributed by atoms with Crippen LogP contribution in [-0.4, -0.2) is 17.4 Å². The molecule has 0 aliphatic rings. The maximum Gasteiger partial charge on any atom is 0.262 e. The Labute approximate surface area is 137 Å². The summed E-state index contributed by atoms with van der Waals surface area (Å²) >= 11 is 0. The molecule has 23 heavy (non-hydrogen) atoms. The molecular formula is C16H16N4OP2. The largest absolute Gasteiger partial charge is 0.293 e. The van der Waals surface area contributed by atoms with Crippen molar-refractivity contribution in [1.29, 1.82) is 0 Å². The molecule has 4 heterocycles. The quantitative estimate of drug-likeness (QED) is 0.460. The van der Waals surface area contributed by atoms with Crippen LogP contribution >= 0.6 is 16.9 Å². The standard InChI is InChI=1S/C16H16N4OP2/c1-2-10-17(9-1)22(18-11-3-4-12-18)21-23(19-13-5-6-14-19)20-15-7-8-16-20/h1-16H. The van der Waals surface area contributed by atoms with Crippen molar-refractivity contribution in [2.45, 2.75) is 0 Å². The molecule has 0 radical (unpaired) electrons. The Hall–Kier alpha value is -2.06. The first-order chi connectivity index (χ1) is 11.4. The molecule has 0 saturated heterocycles. The van der Waals surface area contributed by atoms with Crippen LogP contribution in [-0.2, 0) is 4.31 Å². The van der Waals surface area contributed by atoms with Gasteiger partial charge < -0.3 is 0 Å². The van der Waals surface area contributed by atoms with E-state index >= 15 is 0 Å². The molecule has 4 aromatic heterocycles. The highest BCUT2D eigenvalue weighted by Gasteiger charge is 2.23. The van der Waals surface area contributed by atoms with Crippen LogP contribution in [0.5, 0.6) is 0 Å². The molecule has 4 rings (SSSR count). The molecule has 0 aliphatic carbocycles. The van der Waals surface area contributed by atoms with Crippen LogP contribution in [0.4, 0.5) is 0 Å². The van der Waals surface area contributed by atoms with Gasteiger partial charge in [0.1, 0.15) is 0 Å². The summed E-state index contributed by atoms with van der Waals surface area (Å²) in [5, 5.41) is 0. The Morgan fingerprint density at radius 1 is 0.391 bits per heavy atom. The van der Waals surface area contributed by atoms with Crippen molar-refractivity contribution in [2.24, 2.45) is 0 Å². The zero-order chi connectivity index (χ0) is 15.5. The molecule has 0 fully saturated rings. The van der Waals surface area contributed by atoms with E-state index in [1.165, 1.54) is 0 Å². The van der Waals surface area contributed by atoms with Gasteiger partial charge in [0, 0.05) is 49.6 Å². The third-order valence-electron chi connectivity index (χ3n) is 3.29. The summed E-state index contributed by atoms with van der Waals surface area (Å²) in [5.41, 5.74) is 0. The van der Waals surface area contributed by atoms with Gasteiger partial charge >= 0.3 is 0 Å². The molecule has 0 aliphatic heterocycles. The van der Waals surface area contributed by atoms with Crippen LogP contribution in [0.15, 0.2) is 98.1 Å². The average molecular weight is 342 g/mol. The minimum Gasteiger partial charge on any atom is -0.293 e. The fourth-order valence-corrected chi connectivity index (χ4v) is 6.11. The lowest BCUT2D eigenvalue weighted by Gasteiger charge is -2.26. The zero-order valence-corrected chi connectivity index (χ0v) is 14.1. The van der Waals surface area contributed by atoms with Crippen LogP contribution in [0.3, 0.4) is 0 Å². The molecule has 0 spiro atoms. The summed E-state index contributed by atoms with van der Waals surface area (Å²) in [6.45, 7) is 0. The van der Waals surface area contributed by atoms with Crippen LogP contribution < -0.4 is 0 Å². The van der Waals surface area contributed by atoms with Crippen molar-refractivity contribution in [2.75, 3.05) is 0 Å². The van der Waals surface area contributed by atoms with Crippen molar-refractivity contribution >= 4 is 16.9 Å². The van der Waals surface area contributed by atoms with Gasteiger partial charge in [0.25, 0.3) is 16.9 Å². The molecule has 0 bridgehead atoms. The number of hydrogen-bond donors (Lipinski definition) is 0. The Bertz CT molecular complexity index is 669. The fourth-order valence-electron chi connectivity index (χ4n) is 2.23. The van der Waals surface area contributed by atoms with Gasteiger partial charge in [0.2, 0.25) is 0 Å². The zero-order valence-electron chi connectivity index (χ0n) is 12.3. The van der Waals surface area contributed by atoms with E-state index in [1.807, 2.05) is 98.1 Å². The molecule has 0 aromatic carbocycles. The van der Waals surface area contributed by atoms with Gasteiger partial charge in [-0.3, -0.25) is 21.7 Å². The topological polar surface area (TPSA) is 28.9 Å². The van der Waals surface area contributed by atoms with E-state index in [0.29, 0.717) is 0 Å². The summed E-state index contributed by atoms with van der Waals surface area (Å²) in [4.78, 5) is 0. The number of hydrogen-bond acceptors (Lipinski definition) is 1. The fraction of sp³-hybridized carbons (Fsp3) is 0. The first kappa shape index (κ1) is 14.5. The molecule has 0 saturated carbocycles. The van der Waals surface area contributed by atoms with Gasteiger partial charge in [-0.25, -0.2) is 0 Å². The molecular weight excluding hydrogens is 326 g/mol. The van der Waals surface area contributed by atoms with E-state index < -0.39 is 16.9 Å². The van der Waals surface area contributed by atoms with Gasteiger partial charge in [0.05, 0.1) is 0 Å². The number of rotatable bonds is 6.